The quantitative estimate of drug-likeness (QED) is 0.791. The second kappa shape index (κ2) is 5.91. The third-order valence-electron chi connectivity index (χ3n) is 2.75. The van der Waals surface area contributed by atoms with Crippen LogP contribution < -0.4 is 4.74 Å². The molecule has 1 aromatic carbocycles. The molecule has 1 aliphatic rings. The van der Waals surface area contributed by atoms with Gasteiger partial charge in [-0.3, -0.25) is 0 Å². The molecule has 0 fully saturated rings. The molecule has 1 aromatic rings. The summed E-state index contributed by atoms with van der Waals surface area (Å²) >= 11 is 0.178. The van der Waals surface area contributed by atoms with Crippen LogP contribution in [0.4, 0.5) is 8.68 Å². The lowest BCUT2D eigenvalue weighted by molar-refractivity contribution is 0.0225. The number of carbonyl (C=O) groups excluding carboxylic acids is 1. The summed E-state index contributed by atoms with van der Waals surface area (Å²) in [7, 11) is 0. The molecule has 0 radical (unpaired) electrons. The summed E-state index contributed by atoms with van der Waals surface area (Å²) < 4.78 is 23.6. The predicted molar refractivity (Wildman–Crippen MR) is 75.5 cm³/mol. The Balaban J connectivity index is 2.16. The molecule has 0 saturated heterocycles. The topological polar surface area (TPSA) is 38.8 Å². The van der Waals surface area contributed by atoms with Gasteiger partial charge in [-0.05, 0) is 39.0 Å². The first-order valence-electron chi connectivity index (χ1n) is 6.41. The minimum absolute atomic E-state index is 0.178. The van der Waals surface area contributed by atoms with E-state index in [1.807, 2.05) is 20.8 Å². The molecule has 0 aliphatic carbocycles. The zero-order valence-corrected chi connectivity index (χ0v) is 12.6. The van der Waals surface area contributed by atoms with Gasteiger partial charge in [-0.2, -0.15) is 3.89 Å². The lowest BCUT2D eigenvalue weighted by atomic mass is 10.2. The first-order chi connectivity index (χ1) is 9.39. The number of amides is 1. The van der Waals surface area contributed by atoms with E-state index in [4.69, 9.17) is 9.47 Å². The van der Waals surface area contributed by atoms with Gasteiger partial charge in [0.05, 0.1) is 25.2 Å². The number of halogens is 1. The molecule has 0 aromatic heterocycles. The normalized spacial score (nSPS) is 15.1. The van der Waals surface area contributed by atoms with E-state index in [1.54, 1.807) is 23.1 Å². The third kappa shape index (κ3) is 3.79. The monoisotopic (exact) mass is 299 g/mol. The number of nitrogens with zero attached hydrogens (tertiary/aromatic N) is 1. The smallest absolute Gasteiger partial charge is 0.410 e. The molecule has 0 atom stereocenters. The van der Waals surface area contributed by atoms with Gasteiger partial charge in [0.2, 0.25) is 0 Å². The minimum atomic E-state index is -0.538. The maximum absolute atomic E-state index is 12.6. The Kier molecular flexibility index (Phi) is 4.42. The van der Waals surface area contributed by atoms with E-state index >= 15 is 0 Å². The van der Waals surface area contributed by atoms with E-state index in [1.165, 1.54) is 0 Å². The van der Waals surface area contributed by atoms with E-state index < -0.39 is 5.60 Å². The van der Waals surface area contributed by atoms with Crippen molar-refractivity contribution in [2.24, 2.45) is 0 Å². The average molecular weight is 299 g/mol. The fourth-order valence-corrected chi connectivity index (χ4v) is 2.21. The highest BCUT2D eigenvalue weighted by atomic mass is 32.2. The number of hydrogen-bond acceptors (Lipinski definition) is 4. The molecule has 0 N–H and O–H groups in total. The fraction of sp³-hybridized carbons (Fsp3) is 0.500. The summed E-state index contributed by atoms with van der Waals surface area (Å²) in [6.07, 6.45) is -0.382. The van der Waals surface area contributed by atoms with Crippen LogP contribution in [0.3, 0.4) is 0 Å². The largest absolute Gasteiger partial charge is 0.491 e. The van der Waals surface area contributed by atoms with Gasteiger partial charge in [0.25, 0.3) is 0 Å². The molecule has 0 unspecified atom stereocenters. The van der Waals surface area contributed by atoms with Gasteiger partial charge in [0.1, 0.15) is 18.0 Å². The maximum atomic E-state index is 12.6. The number of hydrogen-bond donors (Lipinski definition) is 0. The molecular formula is C14H18FNO3S. The molecule has 2 rings (SSSR count). The lowest BCUT2D eigenvalue weighted by Crippen LogP contribution is -2.37. The van der Waals surface area contributed by atoms with Crippen LogP contribution in [0.25, 0.3) is 0 Å². The van der Waals surface area contributed by atoms with Gasteiger partial charge < -0.3 is 14.4 Å². The molecular weight excluding hydrogens is 281 g/mol. The maximum Gasteiger partial charge on any atom is 0.410 e. The number of ether oxygens (including phenoxy) is 2. The van der Waals surface area contributed by atoms with Crippen LogP contribution in [0.1, 0.15) is 26.3 Å². The van der Waals surface area contributed by atoms with Crippen LogP contribution in [0, 0.1) is 0 Å². The van der Waals surface area contributed by atoms with Crippen molar-refractivity contribution in [2.75, 3.05) is 13.2 Å². The molecule has 0 bridgehead atoms. The van der Waals surface area contributed by atoms with Crippen LogP contribution in [0.15, 0.2) is 23.1 Å². The highest BCUT2D eigenvalue weighted by molar-refractivity contribution is 7.94. The van der Waals surface area contributed by atoms with Gasteiger partial charge in [-0.25, -0.2) is 4.79 Å². The van der Waals surface area contributed by atoms with Crippen LogP contribution in [0.5, 0.6) is 5.75 Å². The van der Waals surface area contributed by atoms with Gasteiger partial charge in [-0.1, -0.05) is 0 Å². The SMILES string of the molecule is CC(C)(C)OC(=O)N1CCOc2ccc(SF)cc2C1. The number of fused-ring (bicyclic) bond motifs is 1. The second-order valence-corrected chi connectivity index (χ2v) is 6.22. The van der Waals surface area contributed by atoms with Crippen LogP contribution in [-0.4, -0.2) is 29.7 Å². The summed E-state index contributed by atoms with van der Waals surface area (Å²) in [4.78, 5) is 14.2. The molecule has 6 heteroatoms. The summed E-state index contributed by atoms with van der Waals surface area (Å²) in [5.41, 5.74) is 0.250. The van der Waals surface area contributed by atoms with Crippen LogP contribution in [0.2, 0.25) is 0 Å². The Morgan fingerprint density at radius 2 is 2.20 bits per heavy atom. The van der Waals surface area contributed by atoms with Crippen LogP contribution in [-0.2, 0) is 11.3 Å². The Morgan fingerprint density at radius 3 is 2.85 bits per heavy atom. The van der Waals surface area contributed by atoms with E-state index in [0.717, 1.165) is 5.56 Å². The molecule has 4 nitrogen and oxygen atoms in total. The van der Waals surface area contributed by atoms with Gasteiger partial charge >= 0.3 is 6.09 Å². The molecule has 0 spiro atoms. The summed E-state index contributed by atoms with van der Waals surface area (Å²) in [6.45, 7) is 6.68. The predicted octanol–water partition coefficient (Wildman–Crippen LogP) is 3.79. The van der Waals surface area contributed by atoms with Gasteiger partial charge in [0.15, 0.2) is 0 Å². The number of rotatable bonds is 1. The van der Waals surface area contributed by atoms with Gasteiger partial charge in [-0.15, -0.1) is 0 Å². The first-order valence-corrected chi connectivity index (χ1v) is 7.13. The molecule has 0 saturated carbocycles. The minimum Gasteiger partial charge on any atom is -0.491 e. The number of benzene rings is 1. The van der Waals surface area contributed by atoms with Crippen molar-refractivity contribution in [3.63, 3.8) is 0 Å². The lowest BCUT2D eigenvalue weighted by Gasteiger charge is -2.26. The average Bonchev–Trinajstić information content (AvgIpc) is 2.57. The summed E-state index contributed by atoms with van der Waals surface area (Å²) in [5.74, 6) is 0.689. The molecule has 110 valence electrons. The third-order valence-corrected chi connectivity index (χ3v) is 3.18. The molecule has 1 amide bonds. The molecule has 1 aliphatic heterocycles. The Bertz CT molecular complexity index is 502. The van der Waals surface area contributed by atoms with E-state index in [2.05, 4.69) is 0 Å². The van der Waals surface area contributed by atoms with Crippen molar-refractivity contribution in [1.82, 2.24) is 4.90 Å². The van der Waals surface area contributed by atoms with Crippen molar-refractivity contribution >= 4 is 18.2 Å². The Hall–Kier alpha value is -1.43. The summed E-state index contributed by atoms with van der Waals surface area (Å²) in [6, 6.07) is 5.09. The van der Waals surface area contributed by atoms with Gasteiger partial charge in [0, 0.05) is 10.5 Å². The zero-order chi connectivity index (χ0) is 14.8. The van der Waals surface area contributed by atoms with Crippen molar-refractivity contribution in [3.05, 3.63) is 23.8 Å². The second-order valence-electron chi connectivity index (χ2n) is 5.60. The van der Waals surface area contributed by atoms with Crippen molar-refractivity contribution < 1.29 is 18.2 Å². The zero-order valence-electron chi connectivity index (χ0n) is 11.8. The van der Waals surface area contributed by atoms with Crippen molar-refractivity contribution in [1.29, 1.82) is 0 Å². The summed E-state index contributed by atoms with van der Waals surface area (Å²) in [5, 5.41) is 0. The van der Waals surface area contributed by atoms with Crippen molar-refractivity contribution in [3.8, 4) is 5.75 Å². The Morgan fingerprint density at radius 1 is 1.45 bits per heavy atom. The highest BCUT2D eigenvalue weighted by Gasteiger charge is 2.25. The Labute approximate surface area is 122 Å². The standard InChI is InChI=1S/C14H18FNO3S/c1-14(2,3)19-13(17)16-6-7-18-12-5-4-11(20-15)8-10(12)9-16/h4-5,8H,6-7,9H2,1-3H3. The number of carbonyl (C=O) groups is 1. The van der Waals surface area contributed by atoms with E-state index in [0.29, 0.717) is 30.3 Å². The van der Waals surface area contributed by atoms with E-state index in [9.17, 15) is 8.68 Å². The van der Waals surface area contributed by atoms with Crippen LogP contribution >= 0.6 is 12.1 Å². The van der Waals surface area contributed by atoms with Crippen molar-refractivity contribution in [2.45, 2.75) is 37.8 Å². The fourth-order valence-electron chi connectivity index (χ4n) is 1.90. The van der Waals surface area contributed by atoms with E-state index in [-0.39, 0.29) is 18.2 Å². The highest BCUT2D eigenvalue weighted by Crippen LogP contribution is 2.29. The molecule has 1 heterocycles. The first kappa shape index (κ1) is 15.0. The molecule has 20 heavy (non-hydrogen) atoms.